The molecule has 0 saturated heterocycles. The molecule has 2 atom stereocenters. The lowest BCUT2D eigenvalue weighted by Gasteiger charge is -2.21. The SMILES string of the molecule is O=C(OC(C(=O)O)C(OC(=O)c1ccc(N2C(=O)C=CC2=O)cc1)C(=O)O)c1ccc(N2C(=O)C=CC2=O)cc1. The Hall–Kier alpha value is -5.92. The molecule has 4 amide bonds. The van der Waals surface area contributed by atoms with E-state index in [2.05, 4.69) is 0 Å². The Bertz CT molecular complexity index is 1370. The van der Waals surface area contributed by atoms with E-state index in [1.807, 2.05) is 0 Å². The third kappa shape index (κ3) is 5.35. The number of hydrogen-bond donors (Lipinski definition) is 2. The third-order valence-electron chi connectivity index (χ3n) is 5.57. The summed E-state index contributed by atoms with van der Waals surface area (Å²) in [7, 11) is 0. The number of carbonyl (C=O) groups excluding carboxylic acids is 6. The minimum absolute atomic E-state index is 0.115. The average molecular weight is 548 g/mol. The van der Waals surface area contributed by atoms with E-state index in [4.69, 9.17) is 9.47 Å². The number of rotatable bonds is 9. The molecule has 2 aromatic carbocycles. The average Bonchev–Trinajstić information content (AvgIpc) is 3.44. The Labute approximate surface area is 223 Å². The lowest BCUT2D eigenvalue weighted by Crippen LogP contribution is -2.45. The first-order chi connectivity index (χ1) is 19.0. The second-order valence-corrected chi connectivity index (χ2v) is 8.11. The first kappa shape index (κ1) is 27.1. The second kappa shape index (κ2) is 10.8. The molecule has 0 bridgehead atoms. The summed E-state index contributed by atoms with van der Waals surface area (Å²) in [6, 6.07) is 9.32. The van der Waals surface area contributed by atoms with E-state index in [1.54, 1.807) is 0 Å². The number of nitrogens with zero attached hydrogens (tertiary/aromatic N) is 2. The fourth-order valence-electron chi connectivity index (χ4n) is 3.65. The fraction of sp³-hybridized carbons (Fsp3) is 0.0769. The highest BCUT2D eigenvalue weighted by molar-refractivity contribution is 6.28. The van der Waals surface area contributed by atoms with Crippen molar-refractivity contribution in [3.63, 3.8) is 0 Å². The van der Waals surface area contributed by atoms with Crippen molar-refractivity contribution in [1.82, 2.24) is 0 Å². The van der Waals surface area contributed by atoms with Crippen LogP contribution in [0.25, 0.3) is 0 Å². The molecule has 2 heterocycles. The highest BCUT2D eigenvalue weighted by atomic mass is 16.6. The molecule has 0 saturated carbocycles. The molecule has 2 unspecified atom stereocenters. The number of carbonyl (C=O) groups is 8. The van der Waals surface area contributed by atoms with Crippen molar-refractivity contribution < 1.29 is 58.0 Å². The maximum absolute atomic E-state index is 12.6. The lowest BCUT2D eigenvalue weighted by molar-refractivity contribution is -0.166. The van der Waals surface area contributed by atoms with Crippen LogP contribution >= 0.6 is 0 Å². The zero-order valence-electron chi connectivity index (χ0n) is 20.0. The van der Waals surface area contributed by atoms with E-state index in [0.29, 0.717) is 0 Å². The van der Waals surface area contributed by atoms with Crippen molar-refractivity contribution in [3.05, 3.63) is 84.0 Å². The smallest absolute Gasteiger partial charge is 0.349 e. The Morgan fingerprint density at radius 3 is 1.05 bits per heavy atom. The van der Waals surface area contributed by atoms with Gasteiger partial charge in [0.25, 0.3) is 23.6 Å². The molecular formula is C26H16N2O12. The molecule has 0 fully saturated rings. The van der Waals surface area contributed by atoms with E-state index >= 15 is 0 Å². The van der Waals surface area contributed by atoms with Gasteiger partial charge in [-0.2, -0.15) is 0 Å². The van der Waals surface area contributed by atoms with Crippen LogP contribution in [0.15, 0.2) is 72.8 Å². The molecule has 0 aliphatic carbocycles. The Balaban J connectivity index is 1.46. The van der Waals surface area contributed by atoms with Gasteiger partial charge in [0, 0.05) is 24.3 Å². The zero-order chi connectivity index (χ0) is 29.1. The first-order valence-corrected chi connectivity index (χ1v) is 11.2. The van der Waals surface area contributed by atoms with Gasteiger partial charge >= 0.3 is 23.9 Å². The highest BCUT2D eigenvalue weighted by Crippen LogP contribution is 2.22. The summed E-state index contributed by atoms with van der Waals surface area (Å²) in [5.74, 6) is -8.89. The van der Waals surface area contributed by atoms with Crippen molar-refractivity contribution >= 4 is 58.9 Å². The highest BCUT2D eigenvalue weighted by Gasteiger charge is 2.41. The summed E-state index contributed by atoms with van der Waals surface area (Å²) < 4.78 is 9.66. The molecule has 14 nitrogen and oxygen atoms in total. The molecule has 2 aliphatic heterocycles. The minimum atomic E-state index is -2.47. The van der Waals surface area contributed by atoms with Crippen LogP contribution in [0.3, 0.4) is 0 Å². The summed E-state index contributed by atoms with van der Waals surface area (Å²) in [5.41, 5.74) is -0.281. The van der Waals surface area contributed by atoms with E-state index < -0.39 is 59.7 Å². The predicted octanol–water partition coefficient (Wildman–Crippen LogP) is 0.466. The number of imide groups is 2. The first-order valence-electron chi connectivity index (χ1n) is 11.2. The largest absolute Gasteiger partial charge is 0.478 e. The topological polar surface area (TPSA) is 202 Å². The Morgan fingerprint density at radius 1 is 0.525 bits per heavy atom. The fourth-order valence-corrected chi connectivity index (χ4v) is 3.65. The van der Waals surface area contributed by atoms with Crippen molar-refractivity contribution in [2.45, 2.75) is 12.2 Å². The van der Waals surface area contributed by atoms with Gasteiger partial charge < -0.3 is 19.7 Å². The van der Waals surface area contributed by atoms with E-state index in [-0.39, 0.29) is 22.5 Å². The molecule has 4 rings (SSSR count). The predicted molar refractivity (Wildman–Crippen MR) is 130 cm³/mol. The number of amides is 4. The number of aliphatic carboxylic acids is 2. The number of hydrogen-bond acceptors (Lipinski definition) is 10. The van der Waals surface area contributed by atoms with Gasteiger partial charge in [0.05, 0.1) is 22.5 Å². The van der Waals surface area contributed by atoms with E-state index in [1.165, 1.54) is 24.3 Å². The number of anilines is 2. The lowest BCUT2D eigenvalue weighted by atomic mass is 10.1. The van der Waals surface area contributed by atoms with Crippen LogP contribution in [0.5, 0.6) is 0 Å². The van der Waals surface area contributed by atoms with Crippen LogP contribution in [0, 0.1) is 0 Å². The molecular weight excluding hydrogens is 532 g/mol. The molecule has 0 aromatic heterocycles. The second-order valence-electron chi connectivity index (χ2n) is 8.11. The molecule has 0 radical (unpaired) electrons. The van der Waals surface area contributed by atoms with Crippen molar-refractivity contribution in [2.75, 3.05) is 9.80 Å². The molecule has 40 heavy (non-hydrogen) atoms. The van der Waals surface area contributed by atoms with E-state index in [0.717, 1.165) is 58.4 Å². The van der Waals surface area contributed by atoms with Crippen molar-refractivity contribution in [2.24, 2.45) is 0 Å². The van der Waals surface area contributed by atoms with Crippen LogP contribution in [-0.4, -0.2) is 69.9 Å². The standard InChI is InChI=1S/C26H16N2O12/c29-17-9-10-18(30)27(17)15-5-1-13(2-6-15)25(37)39-21(23(33)34)22(24(35)36)40-26(38)14-3-7-16(8-4-14)28-19(31)11-12-20(28)32/h1-12,21-22H,(H,33,34)(H,35,36). The maximum Gasteiger partial charge on any atom is 0.349 e. The monoisotopic (exact) mass is 548 g/mol. The van der Waals surface area contributed by atoms with Gasteiger partial charge in [-0.05, 0) is 48.5 Å². The Kier molecular flexibility index (Phi) is 7.34. The third-order valence-corrected chi connectivity index (χ3v) is 5.57. The van der Waals surface area contributed by atoms with Gasteiger partial charge in [-0.1, -0.05) is 0 Å². The molecule has 202 valence electrons. The number of carboxylic acid groups (broad SMARTS) is 2. The summed E-state index contributed by atoms with van der Waals surface area (Å²) in [5, 5.41) is 19.1. The van der Waals surface area contributed by atoms with Gasteiger partial charge in [0.1, 0.15) is 0 Å². The molecule has 0 spiro atoms. The maximum atomic E-state index is 12.6. The number of esters is 2. The van der Waals surface area contributed by atoms with Gasteiger partial charge in [-0.3, -0.25) is 19.2 Å². The van der Waals surface area contributed by atoms with Gasteiger partial charge in [-0.25, -0.2) is 29.0 Å². The number of ether oxygens (including phenoxy) is 2. The Morgan fingerprint density at radius 2 is 0.800 bits per heavy atom. The molecule has 2 aliphatic rings. The minimum Gasteiger partial charge on any atom is -0.478 e. The molecule has 2 aromatic rings. The summed E-state index contributed by atoms with van der Waals surface area (Å²) in [4.78, 5) is 97.5. The molecule has 2 N–H and O–H groups in total. The van der Waals surface area contributed by atoms with Crippen LogP contribution < -0.4 is 9.80 Å². The van der Waals surface area contributed by atoms with Crippen molar-refractivity contribution in [3.8, 4) is 0 Å². The molecule has 14 heteroatoms. The summed E-state index contributed by atoms with van der Waals surface area (Å²) in [6.07, 6.45) is -0.727. The number of benzene rings is 2. The van der Waals surface area contributed by atoms with Crippen LogP contribution in [0.4, 0.5) is 11.4 Å². The normalized spacial score (nSPS) is 15.8. The van der Waals surface area contributed by atoms with Gasteiger partial charge in [0.15, 0.2) is 0 Å². The van der Waals surface area contributed by atoms with Gasteiger partial charge in [-0.15, -0.1) is 0 Å². The van der Waals surface area contributed by atoms with E-state index in [9.17, 15) is 48.6 Å². The zero-order valence-corrected chi connectivity index (χ0v) is 20.0. The van der Waals surface area contributed by atoms with Crippen molar-refractivity contribution in [1.29, 1.82) is 0 Å². The quantitative estimate of drug-likeness (QED) is 0.324. The van der Waals surface area contributed by atoms with Crippen LogP contribution in [0.2, 0.25) is 0 Å². The van der Waals surface area contributed by atoms with Crippen LogP contribution in [0.1, 0.15) is 20.7 Å². The van der Waals surface area contributed by atoms with Gasteiger partial charge in [0.2, 0.25) is 12.2 Å². The summed E-state index contributed by atoms with van der Waals surface area (Å²) in [6.45, 7) is 0. The summed E-state index contributed by atoms with van der Waals surface area (Å²) >= 11 is 0. The number of carboxylic acids is 2. The van der Waals surface area contributed by atoms with Crippen LogP contribution in [-0.2, 0) is 38.2 Å².